The fourth-order valence-electron chi connectivity index (χ4n) is 1.51. The van der Waals surface area contributed by atoms with E-state index in [9.17, 15) is 13.6 Å². The van der Waals surface area contributed by atoms with E-state index in [4.69, 9.17) is 23.2 Å². The Labute approximate surface area is 124 Å². The van der Waals surface area contributed by atoms with Gasteiger partial charge in [0.25, 0.3) is 5.91 Å². The van der Waals surface area contributed by atoms with Crippen molar-refractivity contribution in [2.24, 2.45) is 0 Å². The lowest BCUT2D eigenvalue weighted by Crippen LogP contribution is -2.23. The quantitative estimate of drug-likeness (QED) is 0.911. The van der Waals surface area contributed by atoms with Gasteiger partial charge in [0.05, 0.1) is 5.56 Å². The minimum Gasteiger partial charge on any atom is -0.348 e. The first-order chi connectivity index (χ1) is 9.47. The molecule has 1 amide bonds. The smallest absolute Gasteiger partial charge is 0.252 e. The lowest BCUT2D eigenvalue weighted by atomic mass is 10.2. The molecule has 1 N–H and O–H groups in total. The largest absolute Gasteiger partial charge is 0.348 e. The maximum Gasteiger partial charge on any atom is 0.252 e. The molecule has 1 radical (unpaired) electrons. The van der Waals surface area contributed by atoms with Crippen molar-refractivity contribution in [1.82, 2.24) is 5.32 Å². The van der Waals surface area contributed by atoms with Gasteiger partial charge in [0.2, 0.25) is 0 Å². The highest BCUT2D eigenvalue weighted by atomic mass is 35.5. The highest BCUT2D eigenvalue weighted by Gasteiger charge is 2.10. The van der Waals surface area contributed by atoms with Crippen LogP contribution in [0.2, 0.25) is 10.0 Å². The van der Waals surface area contributed by atoms with Crippen LogP contribution >= 0.6 is 23.2 Å². The molecule has 0 saturated carbocycles. The topological polar surface area (TPSA) is 29.1 Å². The summed E-state index contributed by atoms with van der Waals surface area (Å²) in [4.78, 5) is 11.8. The molecule has 0 heterocycles. The van der Waals surface area contributed by atoms with Crippen LogP contribution in [0.3, 0.4) is 0 Å². The van der Waals surface area contributed by atoms with Crippen LogP contribution in [0, 0.1) is 17.7 Å². The van der Waals surface area contributed by atoms with Crippen molar-refractivity contribution in [2.45, 2.75) is 6.54 Å². The minimum absolute atomic E-state index is 0.0889. The molecule has 0 unspecified atom stereocenters. The molecule has 2 rings (SSSR count). The van der Waals surface area contributed by atoms with Crippen molar-refractivity contribution < 1.29 is 13.6 Å². The summed E-state index contributed by atoms with van der Waals surface area (Å²) in [5.41, 5.74) is 0.570. The van der Waals surface area contributed by atoms with E-state index in [-0.39, 0.29) is 12.1 Å². The number of nitrogens with one attached hydrogen (secondary N) is 1. The zero-order chi connectivity index (χ0) is 14.7. The summed E-state index contributed by atoms with van der Waals surface area (Å²) in [7, 11) is 0. The Morgan fingerprint density at radius 1 is 1.20 bits per heavy atom. The third-order valence-corrected chi connectivity index (χ3v) is 3.14. The molecule has 103 valence electrons. The molecule has 0 aliphatic rings. The second-order valence-electron chi connectivity index (χ2n) is 3.96. The maximum absolute atomic E-state index is 13.0. The average molecular weight is 315 g/mol. The van der Waals surface area contributed by atoms with E-state index in [1.54, 1.807) is 18.2 Å². The molecule has 2 aromatic carbocycles. The normalized spacial score (nSPS) is 10.4. The monoisotopic (exact) mass is 314 g/mol. The Morgan fingerprint density at radius 3 is 2.60 bits per heavy atom. The number of rotatable bonds is 3. The third kappa shape index (κ3) is 3.46. The Morgan fingerprint density at radius 2 is 1.95 bits per heavy atom. The van der Waals surface area contributed by atoms with Gasteiger partial charge >= 0.3 is 0 Å². The standard InChI is InChI=1S/C14H8Cl2F2NO/c15-10-3-1-9(11(16)6-10)7-19-14(20)8-2-4-12(17)13(18)5-8/h1,3-6H,7H2,(H,19,20). The van der Waals surface area contributed by atoms with Gasteiger partial charge in [-0.1, -0.05) is 29.3 Å². The summed E-state index contributed by atoms with van der Waals surface area (Å²) in [6.07, 6.45) is 0. The van der Waals surface area contributed by atoms with Gasteiger partial charge in [0.1, 0.15) is 0 Å². The number of hydrogen-bond acceptors (Lipinski definition) is 1. The van der Waals surface area contributed by atoms with Gasteiger partial charge < -0.3 is 5.32 Å². The number of hydrogen-bond donors (Lipinski definition) is 1. The number of halogens is 4. The Bertz CT molecular complexity index is 662. The fraction of sp³-hybridized carbons (Fsp3) is 0.0714. The van der Waals surface area contributed by atoms with Crippen LogP contribution < -0.4 is 5.32 Å². The number of carbonyl (C=O) groups is 1. The zero-order valence-corrected chi connectivity index (χ0v) is 11.5. The summed E-state index contributed by atoms with van der Waals surface area (Å²) >= 11 is 11.7. The second-order valence-corrected chi connectivity index (χ2v) is 4.80. The van der Waals surface area contributed by atoms with Crippen molar-refractivity contribution in [3.8, 4) is 0 Å². The van der Waals surface area contributed by atoms with Crippen LogP contribution in [-0.2, 0) is 6.54 Å². The SMILES string of the molecule is O=C(NCc1ccc(Cl)cc1Cl)c1[c]cc(F)c(F)c1. The van der Waals surface area contributed by atoms with E-state index in [1.807, 2.05) is 0 Å². The molecule has 0 bridgehead atoms. The Kier molecular flexibility index (Phi) is 4.57. The molecule has 2 aromatic rings. The summed E-state index contributed by atoms with van der Waals surface area (Å²) in [5.74, 6) is -2.73. The van der Waals surface area contributed by atoms with Gasteiger partial charge in [-0.05, 0) is 35.9 Å². The van der Waals surface area contributed by atoms with Crippen molar-refractivity contribution >= 4 is 29.1 Å². The van der Waals surface area contributed by atoms with Crippen molar-refractivity contribution in [1.29, 1.82) is 0 Å². The van der Waals surface area contributed by atoms with E-state index >= 15 is 0 Å². The average Bonchev–Trinajstić information content (AvgIpc) is 2.40. The van der Waals surface area contributed by atoms with Crippen LogP contribution in [0.25, 0.3) is 0 Å². The first-order valence-electron chi connectivity index (χ1n) is 5.56. The van der Waals surface area contributed by atoms with Gasteiger partial charge in [-0.25, -0.2) is 8.78 Å². The predicted molar refractivity (Wildman–Crippen MR) is 72.8 cm³/mol. The fourth-order valence-corrected chi connectivity index (χ4v) is 1.99. The number of carbonyl (C=O) groups excluding carboxylic acids is 1. The molecule has 2 nitrogen and oxygen atoms in total. The van der Waals surface area contributed by atoms with Gasteiger partial charge in [-0.15, -0.1) is 0 Å². The van der Waals surface area contributed by atoms with E-state index in [0.717, 1.165) is 12.1 Å². The lowest BCUT2D eigenvalue weighted by Gasteiger charge is -2.07. The van der Waals surface area contributed by atoms with Gasteiger partial charge in [0, 0.05) is 16.6 Å². The van der Waals surface area contributed by atoms with E-state index in [0.29, 0.717) is 15.6 Å². The zero-order valence-electron chi connectivity index (χ0n) is 10.0. The first-order valence-corrected chi connectivity index (χ1v) is 6.32. The van der Waals surface area contributed by atoms with Crippen LogP contribution in [0.5, 0.6) is 0 Å². The molecule has 0 aliphatic carbocycles. The van der Waals surface area contributed by atoms with Crippen LogP contribution in [0.4, 0.5) is 8.78 Å². The van der Waals surface area contributed by atoms with Gasteiger partial charge in [-0.2, -0.15) is 0 Å². The molecule has 0 aliphatic heterocycles. The lowest BCUT2D eigenvalue weighted by molar-refractivity contribution is 0.0950. The maximum atomic E-state index is 13.0. The molecule has 0 atom stereocenters. The van der Waals surface area contributed by atoms with E-state index < -0.39 is 17.5 Å². The van der Waals surface area contributed by atoms with Crippen LogP contribution in [-0.4, -0.2) is 5.91 Å². The predicted octanol–water partition coefficient (Wildman–Crippen LogP) is 4.00. The molecule has 0 fully saturated rings. The molecule has 6 heteroatoms. The third-order valence-electron chi connectivity index (χ3n) is 2.55. The van der Waals surface area contributed by atoms with Gasteiger partial charge in [0.15, 0.2) is 11.6 Å². The molecule has 20 heavy (non-hydrogen) atoms. The highest BCUT2D eigenvalue weighted by molar-refractivity contribution is 6.35. The van der Waals surface area contributed by atoms with Crippen LogP contribution in [0.1, 0.15) is 15.9 Å². The van der Waals surface area contributed by atoms with Crippen molar-refractivity contribution in [3.63, 3.8) is 0 Å². The number of amides is 1. The molecule has 0 spiro atoms. The summed E-state index contributed by atoms with van der Waals surface area (Å²) in [6.45, 7) is 0.141. The highest BCUT2D eigenvalue weighted by Crippen LogP contribution is 2.20. The molecular weight excluding hydrogens is 307 g/mol. The summed E-state index contributed by atoms with van der Waals surface area (Å²) in [5, 5.41) is 3.43. The van der Waals surface area contributed by atoms with E-state index in [2.05, 4.69) is 11.4 Å². The minimum atomic E-state index is -1.10. The molecular formula is C14H8Cl2F2NO. The van der Waals surface area contributed by atoms with Crippen molar-refractivity contribution in [2.75, 3.05) is 0 Å². The molecule has 0 saturated heterocycles. The Hall–Kier alpha value is -1.65. The number of benzene rings is 2. The summed E-state index contributed by atoms with van der Waals surface area (Å²) < 4.78 is 25.7. The Balaban J connectivity index is 2.06. The van der Waals surface area contributed by atoms with Crippen LogP contribution in [0.15, 0.2) is 30.3 Å². The second kappa shape index (κ2) is 6.20. The van der Waals surface area contributed by atoms with Crippen molar-refractivity contribution in [3.05, 3.63) is 69.2 Å². The summed E-state index contributed by atoms with van der Waals surface area (Å²) in [6, 6.07) is 8.77. The van der Waals surface area contributed by atoms with Gasteiger partial charge in [-0.3, -0.25) is 4.79 Å². The first kappa shape index (κ1) is 14.8. The molecule has 0 aromatic heterocycles. The van der Waals surface area contributed by atoms with E-state index in [1.165, 1.54) is 0 Å².